The van der Waals surface area contributed by atoms with Crippen LogP contribution in [0.5, 0.6) is 0 Å². The molecule has 0 amide bonds. The van der Waals surface area contributed by atoms with E-state index in [1.54, 1.807) is 0 Å². The molecule has 0 atom stereocenters. The Labute approximate surface area is 105 Å². The predicted molar refractivity (Wildman–Crippen MR) is 59.7 cm³/mol. The van der Waals surface area contributed by atoms with Crippen molar-refractivity contribution in [2.75, 3.05) is 13.7 Å². The van der Waals surface area contributed by atoms with Crippen molar-refractivity contribution in [3.63, 3.8) is 0 Å². The van der Waals surface area contributed by atoms with Gasteiger partial charge in [0.2, 0.25) is 0 Å². The number of ether oxygens (including phenoxy) is 1. The second-order valence-electron chi connectivity index (χ2n) is 3.45. The summed E-state index contributed by atoms with van der Waals surface area (Å²) in [5.41, 5.74) is -0.229. The maximum atomic E-state index is 12.4. The molecular formula is C11H10BrF3O2. The van der Waals surface area contributed by atoms with Crippen LogP contribution in [0.25, 0.3) is 0 Å². The van der Waals surface area contributed by atoms with E-state index in [4.69, 9.17) is 0 Å². The molecule has 94 valence electrons. The van der Waals surface area contributed by atoms with Gasteiger partial charge in [-0.15, -0.1) is 0 Å². The minimum Gasteiger partial charge on any atom is -0.377 e. The molecule has 1 aromatic carbocycles. The van der Waals surface area contributed by atoms with Crippen LogP contribution < -0.4 is 0 Å². The first-order chi connectivity index (χ1) is 7.84. The molecule has 0 saturated carbocycles. The van der Waals surface area contributed by atoms with Crippen molar-refractivity contribution in [3.8, 4) is 0 Å². The molecule has 0 unspecified atom stereocenters. The summed E-state index contributed by atoms with van der Waals surface area (Å²) in [6.45, 7) is -0.0482. The molecule has 2 nitrogen and oxygen atoms in total. The highest BCUT2D eigenvalue weighted by Crippen LogP contribution is 2.32. The fourth-order valence-electron chi connectivity index (χ4n) is 1.29. The van der Waals surface area contributed by atoms with E-state index in [0.717, 1.165) is 12.1 Å². The summed E-state index contributed by atoms with van der Waals surface area (Å²) in [5, 5.41) is 0. The number of benzene rings is 1. The minimum atomic E-state index is -4.38. The monoisotopic (exact) mass is 310 g/mol. The van der Waals surface area contributed by atoms with Gasteiger partial charge in [-0.25, -0.2) is 0 Å². The van der Waals surface area contributed by atoms with Crippen molar-refractivity contribution in [3.05, 3.63) is 33.8 Å². The first-order valence-electron chi connectivity index (χ1n) is 4.71. The Morgan fingerprint density at radius 2 is 2.06 bits per heavy atom. The van der Waals surface area contributed by atoms with Crippen molar-refractivity contribution < 1.29 is 22.7 Å². The van der Waals surface area contributed by atoms with Crippen molar-refractivity contribution in [1.29, 1.82) is 0 Å². The topological polar surface area (TPSA) is 26.3 Å². The molecule has 0 aliphatic rings. The van der Waals surface area contributed by atoms with Gasteiger partial charge in [0, 0.05) is 18.0 Å². The highest BCUT2D eigenvalue weighted by molar-refractivity contribution is 9.10. The van der Waals surface area contributed by atoms with Crippen LogP contribution in [0.2, 0.25) is 0 Å². The van der Waals surface area contributed by atoms with Crippen LogP contribution in [0.3, 0.4) is 0 Å². The molecule has 6 heteroatoms. The highest BCUT2D eigenvalue weighted by Gasteiger charge is 2.30. The van der Waals surface area contributed by atoms with Gasteiger partial charge in [-0.2, -0.15) is 13.2 Å². The number of halogens is 4. The Hall–Kier alpha value is -0.880. The van der Waals surface area contributed by atoms with Crippen LogP contribution in [0, 0.1) is 0 Å². The molecule has 0 aliphatic carbocycles. The number of ketones is 1. The first-order valence-corrected chi connectivity index (χ1v) is 5.50. The first kappa shape index (κ1) is 14.2. The summed E-state index contributed by atoms with van der Waals surface area (Å²) >= 11 is 3.03. The summed E-state index contributed by atoms with van der Waals surface area (Å²) in [6, 6.07) is 3.22. The predicted octanol–water partition coefficient (Wildman–Crippen LogP) is 3.23. The number of carbonyl (C=O) groups excluding carboxylic acids is 1. The van der Waals surface area contributed by atoms with Gasteiger partial charge in [0.25, 0.3) is 0 Å². The zero-order valence-corrected chi connectivity index (χ0v) is 10.6. The zero-order valence-electron chi connectivity index (χ0n) is 8.97. The van der Waals surface area contributed by atoms with Gasteiger partial charge in [0.1, 0.15) is 6.61 Å². The van der Waals surface area contributed by atoms with E-state index in [0.29, 0.717) is 5.56 Å². The van der Waals surface area contributed by atoms with Crippen LogP contribution in [-0.4, -0.2) is 19.5 Å². The summed E-state index contributed by atoms with van der Waals surface area (Å²) in [7, 11) is 1.39. The lowest BCUT2D eigenvalue weighted by Crippen LogP contribution is -2.11. The zero-order chi connectivity index (χ0) is 13.1. The molecule has 0 spiro atoms. The summed E-state index contributed by atoms with van der Waals surface area (Å²) in [4.78, 5) is 11.3. The quantitative estimate of drug-likeness (QED) is 0.853. The average Bonchev–Trinajstić information content (AvgIpc) is 2.20. The van der Waals surface area contributed by atoms with E-state index in [1.165, 1.54) is 13.2 Å². The lowest BCUT2D eigenvalue weighted by atomic mass is 10.1. The molecule has 1 rings (SSSR count). The molecule has 0 heterocycles. The Bertz CT molecular complexity index is 416. The van der Waals surface area contributed by atoms with Gasteiger partial charge in [0.15, 0.2) is 5.78 Å². The number of hydrogen-bond donors (Lipinski definition) is 0. The molecule has 0 saturated heterocycles. The molecule has 0 radical (unpaired) electrons. The fraction of sp³-hybridized carbons (Fsp3) is 0.364. The van der Waals surface area contributed by atoms with Gasteiger partial charge in [-0.3, -0.25) is 4.79 Å². The Morgan fingerprint density at radius 3 is 2.53 bits per heavy atom. The van der Waals surface area contributed by atoms with E-state index >= 15 is 0 Å². The normalized spacial score (nSPS) is 11.6. The van der Waals surface area contributed by atoms with Crippen molar-refractivity contribution in [1.82, 2.24) is 0 Å². The van der Waals surface area contributed by atoms with Gasteiger partial charge >= 0.3 is 6.18 Å². The van der Waals surface area contributed by atoms with Gasteiger partial charge in [-0.05, 0) is 17.7 Å². The molecule has 0 aromatic heterocycles. The summed E-state index contributed by atoms with van der Waals surface area (Å²) < 4.78 is 42.0. The Balaban J connectivity index is 2.87. The van der Waals surface area contributed by atoms with Crippen LogP contribution in [0.1, 0.15) is 11.1 Å². The van der Waals surface area contributed by atoms with Gasteiger partial charge < -0.3 is 4.74 Å². The number of hydrogen-bond acceptors (Lipinski definition) is 2. The van der Waals surface area contributed by atoms with Crippen LogP contribution in [-0.2, 0) is 22.1 Å². The maximum absolute atomic E-state index is 12.4. The Kier molecular flexibility index (Phi) is 4.70. The van der Waals surface area contributed by atoms with E-state index in [9.17, 15) is 18.0 Å². The molecular weight excluding hydrogens is 301 g/mol. The smallest absolute Gasteiger partial charge is 0.377 e. The number of carbonyl (C=O) groups is 1. The van der Waals surface area contributed by atoms with E-state index < -0.39 is 11.7 Å². The lowest BCUT2D eigenvalue weighted by molar-refractivity contribution is -0.137. The molecule has 0 fully saturated rings. The molecule has 1 aromatic rings. The number of Topliss-reactive ketones (excluding diaryl/α,β-unsaturated/α-hetero) is 1. The third-order valence-corrected chi connectivity index (χ3v) is 2.81. The summed E-state index contributed by atoms with van der Waals surface area (Å²) in [5.74, 6) is -0.187. The second kappa shape index (κ2) is 5.64. The van der Waals surface area contributed by atoms with E-state index in [2.05, 4.69) is 20.7 Å². The number of rotatable bonds is 4. The average molecular weight is 311 g/mol. The van der Waals surface area contributed by atoms with Crippen molar-refractivity contribution >= 4 is 21.7 Å². The fourth-order valence-corrected chi connectivity index (χ4v) is 1.81. The molecule has 0 bridgehead atoms. The standard InChI is InChI=1S/C11H10BrF3O2/c1-17-6-9(16)4-7-2-3-8(5-10(7)12)11(13,14)15/h2-3,5H,4,6H2,1H3. The molecule has 17 heavy (non-hydrogen) atoms. The van der Waals surface area contributed by atoms with E-state index in [1.807, 2.05) is 0 Å². The van der Waals surface area contributed by atoms with Crippen LogP contribution in [0.4, 0.5) is 13.2 Å². The highest BCUT2D eigenvalue weighted by atomic mass is 79.9. The second-order valence-corrected chi connectivity index (χ2v) is 4.31. The van der Waals surface area contributed by atoms with Crippen molar-refractivity contribution in [2.24, 2.45) is 0 Å². The largest absolute Gasteiger partial charge is 0.416 e. The van der Waals surface area contributed by atoms with Crippen molar-refractivity contribution in [2.45, 2.75) is 12.6 Å². The summed E-state index contributed by atoms with van der Waals surface area (Å²) in [6.07, 6.45) is -4.33. The van der Waals surface area contributed by atoms with Crippen LogP contribution >= 0.6 is 15.9 Å². The van der Waals surface area contributed by atoms with Gasteiger partial charge in [0.05, 0.1) is 5.56 Å². The van der Waals surface area contributed by atoms with Gasteiger partial charge in [-0.1, -0.05) is 22.0 Å². The third-order valence-electron chi connectivity index (χ3n) is 2.07. The van der Waals surface area contributed by atoms with Crippen LogP contribution in [0.15, 0.2) is 22.7 Å². The number of methoxy groups -OCH3 is 1. The lowest BCUT2D eigenvalue weighted by Gasteiger charge is -2.09. The minimum absolute atomic E-state index is 0.0482. The Morgan fingerprint density at radius 1 is 1.41 bits per heavy atom. The SMILES string of the molecule is COCC(=O)Cc1ccc(C(F)(F)F)cc1Br. The third kappa shape index (κ3) is 4.12. The van der Waals surface area contributed by atoms with E-state index in [-0.39, 0.29) is 23.3 Å². The molecule has 0 aliphatic heterocycles. The number of alkyl halides is 3. The maximum Gasteiger partial charge on any atom is 0.416 e. The molecule has 0 N–H and O–H groups in total.